The summed E-state index contributed by atoms with van der Waals surface area (Å²) in [5.74, 6) is 1.16. The molecule has 0 spiro atoms. The summed E-state index contributed by atoms with van der Waals surface area (Å²) in [5.41, 5.74) is 17.9. The number of pyridine rings is 2. The summed E-state index contributed by atoms with van der Waals surface area (Å²) in [4.78, 5) is 21.8. The molecule has 10 heteroatoms. The fourth-order valence-corrected chi connectivity index (χ4v) is 12.8. The van der Waals surface area contributed by atoms with Crippen LogP contribution in [0.15, 0.2) is 145 Å². The third-order valence-corrected chi connectivity index (χ3v) is 17.1. The fraction of sp³-hybridized carbons (Fsp3) is 0.455. The molecule has 0 radical (unpaired) electrons. The largest absolute Gasteiger partial charge is 0.389 e. The lowest BCUT2D eigenvalue weighted by Gasteiger charge is -2.31. The van der Waals surface area contributed by atoms with Crippen LogP contribution < -0.4 is 32.1 Å². The summed E-state index contributed by atoms with van der Waals surface area (Å²) in [5, 5.41) is 19.1. The molecule has 2 aromatic heterocycles. The Morgan fingerprint density at radius 3 is 2.30 bits per heavy atom. The number of nitrogens with one attached hydrogen (secondary N) is 5. The molecule has 4 aliphatic rings. The van der Waals surface area contributed by atoms with Gasteiger partial charge in [-0.25, -0.2) is 9.37 Å². The molecule has 4 atom stereocenters. The van der Waals surface area contributed by atoms with Gasteiger partial charge in [0.05, 0.1) is 42.6 Å². The third-order valence-electron chi connectivity index (χ3n) is 17.1. The Hall–Kier alpha value is -6.55. The lowest BCUT2D eigenvalue weighted by molar-refractivity contribution is 0.344. The van der Waals surface area contributed by atoms with Crippen molar-refractivity contribution < 1.29 is 4.39 Å². The van der Waals surface area contributed by atoms with Crippen LogP contribution in [0.3, 0.4) is 0 Å². The number of nitrogens with zero attached hydrogens (tertiary/aromatic N) is 3. The molecule has 4 aromatic rings. The summed E-state index contributed by atoms with van der Waals surface area (Å²) in [7, 11) is 0. The Morgan fingerprint density at radius 1 is 0.816 bits per heavy atom. The zero-order valence-corrected chi connectivity index (χ0v) is 46.6. The van der Waals surface area contributed by atoms with E-state index in [4.69, 9.17) is 4.98 Å². The van der Waals surface area contributed by atoms with Crippen molar-refractivity contribution in [3.63, 3.8) is 0 Å². The molecule has 9 nitrogen and oxygen atoms in total. The quantitative estimate of drug-likeness (QED) is 0.0239. The summed E-state index contributed by atoms with van der Waals surface area (Å²) in [6, 6.07) is 14.3. The van der Waals surface area contributed by atoms with E-state index in [-0.39, 0.29) is 29.4 Å². The second kappa shape index (κ2) is 25.1. The molecule has 1 saturated heterocycles. The van der Waals surface area contributed by atoms with Crippen molar-refractivity contribution in [2.75, 3.05) is 26.2 Å². The average Bonchev–Trinajstić information content (AvgIpc) is 3.97. The molecular weight excluding hydrogens is 940 g/mol. The minimum absolute atomic E-state index is 0.0449. The SMILES string of the molecule is C=C(CCCCCN1C(=C)CC(C(CC)CC)C1=C)NCC(=C)NCC(=C)NC(CC(=C)NCCCC(=C)NC1CCc2c(C)c(F)cc3nc4c(c1c23)Cn1c-4cc2c(c1=O)CCC(=C)C2CC)Cc1ccccc1. The summed E-state index contributed by atoms with van der Waals surface area (Å²) in [6.07, 6.45) is 14.9. The Balaban J connectivity index is 0.794. The maximum absolute atomic E-state index is 15.5. The van der Waals surface area contributed by atoms with E-state index in [1.165, 1.54) is 35.4 Å². The number of fused-ring (bicyclic) bond motifs is 5. The van der Waals surface area contributed by atoms with Crippen LogP contribution >= 0.6 is 0 Å². The molecule has 2 aromatic carbocycles. The van der Waals surface area contributed by atoms with E-state index in [2.05, 4.69) is 135 Å². The highest BCUT2D eigenvalue weighted by Gasteiger charge is 2.37. The van der Waals surface area contributed by atoms with Crippen LogP contribution in [0.5, 0.6) is 0 Å². The first-order valence-electron chi connectivity index (χ1n) is 28.5. The number of allylic oxidation sites excluding steroid dienone is 5. The van der Waals surface area contributed by atoms with E-state index >= 15 is 4.39 Å². The Labute approximate surface area is 454 Å². The van der Waals surface area contributed by atoms with Gasteiger partial charge in [0.25, 0.3) is 5.56 Å². The smallest absolute Gasteiger partial charge is 0.254 e. The summed E-state index contributed by atoms with van der Waals surface area (Å²) >= 11 is 0. The molecule has 76 heavy (non-hydrogen) atoms. The van der Waals surface area contributed by atoms with Gasteiger partial charge in [0.15, 0.2) is 0 Å². The minimum Gasteiger partial charge on any atom is -0.389 e. The number of likely N-dealkylation sites (tertiary alicyclic amines) is 1. The Bertz CT molecular complexity index is 2960. The average molecular weight is 1030 g/mol. The highest BCUT2D eigenvalue weighted by molar-refractivity contribution is 5.93. The molecular formula is C66H87FN8O. The van der Waals surface area contributed by atoms with Gasteiger partial charge in [-0.3, -0.25) is 4.79 Å². The van der Waals surface area contributed by atoms with Gasteiger partial charge in [-0.2, -0.15) is 0 Å². The third kappa shape index (κ3) is 12.5. The van der Waals surface area contributed by atoms with E-state index in [1.54, 1.807) is 6.07 Å². The molecule has 4 unspecified atom stereocenters. The zero-order chi connectivity index (χ0) is 54.2. The van der Waals surface area contributed by atoms with Crippen LogP contribution in [0.2, 0.25) is 0 Å². The molecule has 0 saturated carbocycles. The maximum Gasteiger partial charge on any atom is 0.254 e. The predicted octanol–water partition coefficient (Wildman–Crippen LogP) is 13.5. The van der Waals surface area contributed by atoms with Gasteiger partial charge in [0.1, 0.15) is 5.82 Å². The monoisotopic (exact) mass is 1030 g/mol. The van der Waals surface area contributed by atoms with Crippen LogP contribution in [-0.4, -0.2) is 46.7 Å². The number of aromatic nitrogens is 2. The number of hydrogen-bond donors (Lipinski definition) is 5. The normalized spacial score (nSPS) is 17.8. The van der Waals surface area contributed by atoms with E-state index in [0.29, 0.717) is 49.0 Å². The fourth-order valence-electron chi connectivity index (χ4n) is 12.8. The highest BCUT2D eigenvalue weighted by Crippen LogP contribution is 2.47. The number of halogens is 1. The van der Waals surface area contributed by atoms with E-state index in [9.17, 15) is 4.79 Å². The van der Waals surface area contributed by atoms with Crippen molar-refractivity contribution in [3.8, 4) is 11.4 Å². The van der Waals surface area contributed by atoms with Crippen molar-refractivity contribution in [2.45, 2.75) is 155 Å². The van der Waals surface area contributed by atoms with Gasteiger partial charge < -0.3 is 36.1 Å². The predicted molar refractivity (Wildman–Crippen MR) is 316 cm³/mol. The highest BCUT2D eigenvalue weighted by atomic mass is 19.1. The van der Waals surface area contributed by atoms with Gasteiger partial charge >= 0.3 is 0 Å². The van der Waals surface area contributed by atoms with Crippen molar-refractivity contribution in [1.82, 2.24) is 41.0 Å². The zero-order valence-electron chi connectivity index (χ0n) is 46.6. The first-order chi connectivity index (χ1) is 36.6. The molecule has 8 rings (SSSR count). The molecule has 1 fully saturated rings. The van der Waals surface area contributed by atoms with Crippen LogP contribution in [0, 0.1) is 24.6 Å². The first kappa shape index (κ1) is 55.7. The Kier molecular flexibility index (Phi) is 18.4. The van der Waals surface area contributed by atoms with Crippen molar-refractivity contribution in [2.24, 2.45) is 11.8 Å². The Morgan fingerprint density at radius 2 is 1.55 bits per heavy atom. The number of benzene rings is 2. The van der Waals surface area contributed by atoms with Gasteiger partial charge in [-0.1, -0.05) is 129 Å². The first-order valence-corrected chi connectivity index (χ1v) is 28.5. The molecule has 2 aliphatic heterocycles. The second-order valence-corrected chi connectivity index (χ2v) is 22.3. The molecule has 404 valence electrons. The van der Waals surface area contributed by atoms with Gasteiger partial charge in [0, 0.05) is 99.8 Å². The van der Waals surface area contributed by atoms with Crippen molar-refractivity contribution in [1.29, 1.82) is 0 Å². The topological polar surface area (TPSA) is 98.3 Å². The standard InChI is InChI=1S/C66H87FN8O/c1-13-51(14-2)56-34-47(10)74(49(56)12)32-21-17-18-23-42(5)69-38-45(8)70-39-46(9)71-52(35-50-25-19-16-20-26-50)33-44(7)68-31-22-24-43(6)72-60-30-29-54-48(11)59(67)37-61-63(54)64(60)58-40-75-62(65(58)73-61)36-57-53(15-3)41(4)27-28-55(57)66(75)76/h16,19-20,25-26,36-37,51-53,56,60,68-72H,4-10,12-15,17-18,21-24,27-35,38-40H2,1-3,11H3. The molecule has 5 N–H and O–H groups in total. The number of rotatable bonds is 29. The molecule has 0 amide bonds. The van der Waals surface area contributed by atoms with Crippen molar-refractivity contribution >= 4 is 10.9 Å². The minimum atomic E-state index is -0.235. The molecule has 4 heterocycles. The van der Waals surface area contributed by atoms with Crippen LogP contribution in [0.1, 0.15) is 155 Å². The molecule has 2 aliphatic carbocycles. The summed E-state index contributed by atoms with van der Waals surface area (Å²) < 4.78 is 17.4. The van der Waals surface area contributed by atoms with Gasteiger partial charge in [-0.05, 0) is 124 Å². The van der Waals surface area contributed by atoms with Gasteiger partial charge in [0.2, 0.25) is 0 Å². The second-order valence-electron chi connectivity index (χ2n) is 22.3. The van der Waals surface area contributed by atoms with Crippen LogP contribution in [0.25, 0.3) is 22.3 Å². The van der Waals surface area contributed by atoms with Crippen molar-refractivity contribution in [3.05, 3.63) is 196 Å². The van der Waals surface area contributed by atoms with Crippen LogP contribution in [-0.2, 0) is 25.8 Å². The van der Waals surface area contributed by atoms with E-state index in [0.717, 1.165) is 170 Å². The molecule has 0 bridgehead atoms. The number of unbranched alkanes of at least 4 members (excludes halogenated alkanes) is 2. The van der Waals surface area contributed by atoms with E-state index < -0.39 is 0 Å². The lowest BCUT2D eigenvalue weighted by Crippen LogP contribution is -2.36. The summed E-state index contributed by atoms with van der Waals surface area (Å²) in [6.45, 7) is 47.1. The van der Waals surface area contributed by atoms with Crippen LogP contribution in [0.4, 0.5) is 4.39 Å². The van der Waals surface area contributed by atoms with Gasteiger partial charge in [-0.15, -0.1) is 0 Å². The number of hydrogen-bond acceptors (Lipinski definition) is 8. The lowest BCUT2D eigenvalue weighted by atomic mass is 9.78. The number of aryl methyl sites for hydroxylation is 1. The maximum atomic E-state index is 15.5. The van der Waals surface area contributed by atoms with E-state index in [1.807, 2.05) is 17.6 Å².